The van der Waals surface area contributed by atoms with Gasteiger partial charge in [-0.3, -0.25) is 0 Å². The van der Waals surface area contributed by atoms with Crippen molar-refractivity contribution in [1.82, 2.24) is 0 Å². The number of anilines is 1. The molecule has 0 heterocycles. The number of nitrogens with zero attached hydrogens (tertiary/aromatic N) is 2. The van der Waals surface area contributed by atoms with Crippen LogP contribution < -0.4 is 17.2 Å². The van der Waals surface area contributed by atoms with E-state index in [1.807, 2.05) is 0 Å². The molecule has 0 unspecified atom stereocenters. The third-order valence-corrected chi connectivity index (χ3v) is 2.09. The first-order valence-corrected chi connectivity index (χ1v) is 4.63. The van der Waals surface area contributed by atoms with Crippen molar-refractivity contribution >= 4 is 41.1 Å². The summed E-state index contributed by atoms with van der Waals surface area (Å²) in [5.74, 6) is -0.145. The van der Waals surface area contributed by atoms with Crippen molar-refractivity contribution in [2.45, 2.75) is 0 Å². The van der Waals surface area contributed by atoms with E-state index < -0.39 is 0 Å². The van der Waals surface area contributed by atoms with E-state index in [1.165, 1.54) is 6.21 Å². The summed E-state index contributed by atoms with van der Waals surface area (Å²) < 4.78 is 0. The zero-order chi connectivity index (χ0) is 11.4. The highest BCUT2D eigenvalue weighted by molar-refractivity contribution is 6.39. The highest BCUT2D eigenvalue weighted by atomic mass is 35.5. The van der Waals surface area contributed by atoms with E-state index in [4.69, 9.17) is 40.4 Å². The van der Waals surface area contributed by atoms with E-state index in [0.717, 1.165) is 0 Å². The highest BCUT2D eigenvalue weighted by Gasteiger charge is 2.04. The largest absolute Gasteiger partial charge is 0.399 e. The van der Waals surface area contributed by atoms with Crippen LogP contribution in [0.3, 0.4) is 0 Å². The van der Waals surface area contributed by atoms with Gasteiger partial charge in [-0.25, -0.2) is 0 Å². The lowest BCUT2D eigenvalue weighted by Gasteiger charge is -2.01. The second-order valence-electron chi connectivity index (χ2n) is 2.67. The van der Waals surface area contributed by atoms with Gasteiger partial charge >= 0.3 is 0 Å². The van der Waals surface area contributed by atoms with Gasteiger partial charge in [0.2, 0.25) is 5.96 Å². The molecule has 0 aromatic heterocycles. The monoisotopic (exact) mass is 245 g/mol. The zero-order valence-electron chi connectivity index (χ0n) is 7.61. The van der Waals surface area contributed by atoms with E-state index >= 15 is 0 Å². The maximum atomic E-state index is 5.88. The second kappa shape index (κ2) is 4.86. The van der Waals surface area contributed by atoms with Crippen molar-refractivity contribution in [3.63, 3.8) is 0 Å². The Morgan fingerprint density at radius 3 is 2.20 bits per heavy atom. The van der Waals surface area contributed by atoms with Crippen molar-refractivity contribution in [2.75, 3.05) is 5.73 Å². The van der Waals surface area contributed by atoms with Crippen LogP contribution in [-0.4, -0.2) is 12.2 Å². The molecule has 0 aliphatic heterocycles. The maximum absolute atomic E-state index is 5.88. The average Bonchev–Trinajstić information content (AvgIpc) is 2.08. The van der Waals surface area contributed by atoms with Crippen LogP contribution in [0.25, 0.3) is 0 Å². The first-order valence-electron chi connectivity index (χ1n) is 3.87. The van der Waals surface area contributed by atoms with Gasteiger partial charge in [0.1, 0.15) is 0 Å². The number of hydrogen-bond acceptors (Lipinski definition) is 3. The van der Waals surface area contributed by atoms with Crippen molar-refractivity contribution in [2.24, 2.45) is 21.7 Å². The fourth-order valence-corrected chi connectivity index (χ4v) is 1.48. The Labute approximate surface area is 96.5 Å². The normalized spacial score (nSPS) is 10.5. The van der Waals surface area contributed by atoms with Crippen molar-refractivity contribution in [1.29, 1.82) is 0 Å². The topological polar surface area (TPSA) is 103 Å². The summed E-state index contributed by atoms with van der Waals surface area (Å²) in [5, 5.41) is 7.78. The molecule has 6 N–H and O–H groups in total. The SMILES string of the molecule is NC(N)=N/N=C/c1c(Cl)cc(N)cc1Cl. The van der Waals surface area contributed by atoms with Crippen LogP contribution in [0.15, 0.2) is 22.3 Å². The Morgan fingerprint density at radius 2 is 1.73 bits per heavy atom. The number of guanidine groups is 1. The summed E-state index contributed by atoms with van der Waals surface area (Å²) in [5.41, 5.74) is 16.7. The molecule has 5 nitrogen and oxygen atoms in total. The molecule has 1 aromatic rings. The molecule has 0 radical (unpaired) electrons. The van der Waals surface area contributed by atoms with E-state index in [-0.39, 0.29) is 5.96 Å². The lowest BCUT2D eigenvalue weighted by Crippen LogP contribution is -2.21. The Kier molecular flexibility index (Phi) is 3.76. The molecule has 0 bridgehead atoms. The number of hydrogen-bond donors (Lipinski definition) is 3. The fourth-order valence-electron chi connectivity index (χ4n) is 0.881. The molecule has 15 heavy (non-hydrogen) atoms. The third-order valence-electron chi connectivity index (χ3n) is 1.46. The predicted octanol–water partition coefficient (Wildman–Crippen LogP) is 1.18. The number of benzene rings is 1. The maximum Gasteiger partial charge on any atom is 0.211 e. The van der Waals surface area contributed by atoms with Crippen molar-refractivity contribution in [3.8, 4) is 0 Å². The minimum Gasteiger partial charge on any atom is -0.399 e. The Bertz CT molecular complexity index is 400. The minimum absolute atomic E-state index is 0.145. The molecule has 0 aliphatic rings. The molecular formula is C8H9Cl2N5. The Morgan fingerprint density at radius 1 is 1.20 bits per heavy atom. The van der Waals surface area contributed by atoms with Gasteiger partial charge < -0.3 is 17.2 Å². The highest BCUT2D eigenvalue weighted by Crippen LogP contribution is 2.26. The van der Waals surface area contributed by atoms with Crippen molar-refractivity contribution < 1.29 is 0 Å². The molecule has 0 saturated heterocycles. The lowest BCUT2D eigenvalue weighted by atomic mass is 10.2. The summed E-state index contributed by atoms with van der Waals surface area (Å²) in [7, 11) is 0. The molecule has 0 fully saturated rings. The van der Waals surface area contributed by atoms with Gasteiger partial charge in [-0.15, -0.1) is 5.10 Å². The summed E-state index contributed by atoms with van der Waals surface area (Å²) in [4.78, 5) is 0. The smallest absolute Gasteiger partial charge is 0.211 e. The molecule has 0 saturated carbocycles. The van der Waals surface area contributed by atoms with Crippen molar-refractivity contribution in [3.05, 3.63) is 27.7 Å². The molecule has 7 heteroatoms. The van der Waals surface area contributed by atoms with E-state index in [2.05, 4.69) is 10.2 Å². The number of rotatable bonds is 2. The zero-order valence-corrected chi connectivity index (χ0v) is 9.13. The first-order chi connectivity index (χ1) is 7.00. The summed E-state index contributed by atoms with van der Waals surface area (Å²) >= 11 is 11.8. The molecule has 0 spiro atoms. The molecule has 0 atom stereocenters. The molecule has 80 valence electrons. The molecule has 0 aliphatic carbocycles. The van der Waals surface area contributed by atoms with Gasteiger partial charge in [0, 0.05) is 11.3 Å². The Hall–Kier alpha value is -1.46. The van der Waals surface area contributed by atoms with Crippen LogP contribution in [0.4, 0.5) is 5.69 Å². The second-order valence-corrected chi connectivity index (χ2v) is 3.48. The number of nitrogens with two attached hydrogens (primary N) is 3. The van der Waals surface area contributed by atoms with Crippen LogP contribution in [0.2, 0.25) is 10.0 Å². The van der Waals surface area contributed by atoms with Crippen LogP contribution in [0.5, 0.6) is 0 Å². The van der Waals surface area contributed by atoms with E-state index in [1.54, 1.807) is 12.1 Å². The number of halogens is 2. The van der Waals surface area contributed by atoms with Gasteiger partial charge in [0.15, 0.2) is 0 Å². The predicted molar refractivity (Wildman–Crippen MR) is 64.3 cm³/mol. The summed E-state index contributed by atoms with van der Waals surface area (Å²) in [6.07, 6.45) is 1.35. The van der Waals surface area contributed by atoms with Gasteiger partial charge in [-0.1, -0.05) is 23.2 Å². The van der Waals surface area contributed by atoms with Crippen LogP contribution >= 0.6 is 23.2 Å². The van der Waals surface area contributed by atoms with E-state index in [9.17, 15) is 0 Å². The van der Waals surface area contributed by atoms with Gasteiger partial charge in [0.05, 0.1) is 16.3 Å². The van der Waals surface area contributed by atoms with E-state index in [0.29, 0.717) is 21.3 Å². The van der Waals surface area contributed by atoms with Gasteiger partial charge in [-0.05, 0) is 12.1 Å². The molecule has 0 amide bonds. The minimum atomic E-state index is -0.145. The van der Waals surface area contributed by atoms with Gasteiger partial charge in [0.25, 0.3) is 0 Å². The summed E-state index contributed by atoms with van der Waals surface area (Å²) in [6, 6.07) is 3.12. The molecule has 1 aromatic carbocycles. The standard InChI is InChI=1S/C8H9Cl2N5/c9-6-1-4(11)2-7(10)5(6)3-14-15-8(12)13/h1-3H,11H2,(H4,12,13,15)/b14-3+. The van der Waals surface area contributed by atoms with Gasteiger partial charge in [-0.2, -0.15) is 5.10 Å². The van der Waals surface area contributed by atoms with Crippen LogP contribution in [0, 0.1) is 0 Å². The quantitative estimate of drug-likeness (QED) is 0.316. The number of nitrogen functional groups attached to an aromatic ring is 1. The molecule has 1 rings (SSSR count). The first kappa shape index (κ1) is 11.6. The van der Waals surface area contributed by atoms with Crippen LogP contribution in [0.1, 0.15) is 5.56 Å². The molecular weight excluding hydrogens is 237 g/mol. The van der Waals surface area contributed by atoms with Crippen LogP contribution in [-0.2, 0) is 0 Å². The average molecular weight is 246 g/mol. The fraction of sp³-hybridized carbons (Fsp3) is 0. The summed E-state index contributed by atoms with van der Waals surface area (Å²) in [6.45, 7) is 0. The third kappa shape index (κ3) is 3.30. The Balaban J connectivity index is 3.05. The lowest BCUT2D eigenvalue weighted by molar-refractivity contribution is 1.21.